The molecule has 2 aromatic carbocycles. The molecule has 1 aliphatic heterocycles. The molecule has 0 unspecified atom stereocenters. The molecule has 0 saturated carbocycles. The molecule has 3 N–H and O–H groups in total. The van der Waals surface area contributed by atoms with Crippen LogP contribution < -0.4 is 10.5 Å². The van der Waals surface area contributed by atoms with Gasteiger partial charge in [0.2, 0.25) is 0 Å². The number of nitrogens with two attached hydrogens (primary N) is 1. The van der Waals surface area contributed by atoms with Crippen LogP contribution in [0.1, 0.15) is 18.4 Å². The second-order valence-electron chi connectivity index (χ2n) is 8.26. The van der Waals surface area contributed by atoms with Gasteiger partial charge in [-0.05, 0) is 37.1 Å². The van der Waals surface area contributed by atoms with Crippen molar-refractivity contribution in [1.29, 1.82) is 5.26 Å². The molecule has 7 nitrogen and oxygen atoms in total. The van der Waals surface area contributed by atoms with Gasteiger partial charge < -0.3 is 15.6 Å². The molecule has 2 aromatic heterocycles. The van der Waals surface area contributed by atoms with Gasteiger partial charge in [0.05, 0.1) is 21.9 Å². The molecule has 1 aliphatic rings. The van der Waals surface area contributed by atoms with Gasteiger partial charge in [0.25, 0.3) is 0 Å². The van der Waals surface area contributed by atoms with E-state index in [1.165, 1.54) is 24.4 Å². The van der Waals surface area contributed by atoms with Gasteiger partial charge in [0, 0.05) is 35.1 Å². The van der Waals surface area contributed by atoms with Gasteiger partial charge in [0.1, 0.15) is 29.0 Å². The van der Waals surface area contributed by atoms with Crippen molar-refractivity contribution in [3.05, 3.63) is 46.6 Å². The average Bonchev–Trinajstić information content (AvgIpc) is 3.43. The maximum absolute atomic E-state index is 15.9. The third kappa shape index (κ3) is 4.15. The summed E-state index contributed by atoms with van der Waals surface area (Å²) >= 11 is 7.39. The highest BCUT2D eigenvalue weighted by Gasteiger charge is 2.26. The summed E-state index contributed by atoms with van der Waals surface area (Å²) in [4.78, 5) is 10.6. The van der Waals surface area contributed by atoms with Crippen LogP contribution in [0, 0.1) is 23.0 Å². The van der Waals surface area contributed by atoms with Crippen LogP contribution in [0.5, 0.6) is 6.01 Å². The summed E-state index contributed by atoms with van der Waals surface area (Å²) in [6.45, 7) is 1.82. The van der Waals surface area contributed by atoms with E-state index in [4.69, 9.17) is 22.1 Å². The molecule has 0 amide bonds. The fourth-order valence-corrected chi connectivity index (χ4v) is 5.84. The Morgan fingerprint density at radius 2 is 2.20 bits per heavy atom. The first-order valence-corrected chi connectivity index (χ1v) is 12.2. The summed E-state index contributed by atoms with van der Waals surface area (Å²) in [7, 11) is 0. The van der Waals surface area contributed by atoms with E-state index in [2.05, 4.69) is 14.9 Å². The zero-order valence-electron chi connectivity index (χ0n) is 18.4. The Balaban J connectivity index is 1.57. The number of rotatable bonds is 6. The molecule has 0 spiro atoms. The minimum absolute atomic E-state index is 0.00645. The first-order chi connectivity index (χ1) is 16.9. The van der Waals surface area contributed by atoms with Crippen LogP contribution in [0.2, 0.25) is 5.02 Å². The van der Waals surface area contributed by atoms with Crippen LogP contribution in [0.4, 0.5) is 13.8 Å². The lowest BCUT2D eigenvalue weighted by Crippen LogP contribution is -2.36. The zero-order chi connectivity index (χ0) is 24.7. The Labute approximate surface area is 208 Å². The van der Waals surface area contributed by atoms with Crippen molar-refractivity contribution < 1.29 is 18.6 Å². The Hall–Kier alpha value is -3.10. The number of β-amino-alcohol motifs (C(OH)–C–C–N with tert-alkyl or cyclic N) is 1. The van der Waals surface area contributed by atoms with Crippen molar-refractivity contribution in [2.45, 2.75) is 18.9 Å². The fraction of sp³-hybridized carbons (Fsp3) is 0.292. The highest BCUT2D eigenvalue weighted by Crippen LogP contribution is 2.44. The quantitative estimate of drug-likeness (QED) is 0.382. The second kappa shape index (κ2) is 9.51. The summed E-state index contributed by atoms with van der Waals surface area (Å²) in [5, 5.41) is 19.6. The molecular formula is C24H20ClF2N5O2S. The lowest BCUT2D eigenvalue weighted by molar-refractivity contribution is 0.139. The normalized spacial score (nSPS) is 16.3. The molecule has 0 radical (unpaired) electrons. The standard InChI is InChI=1S/C24H20ClF2N5O2S/c25-16-8-12-10-30-24(34-11-13-2-1-5-32(13)6-7-33)31-21(12)20(27)19(16)14-3-4-17(26)22-18(14)15(9-28)23(29)35-22/h3-4,8,10,13,33H,1-2,5-7,11,29H2/t13-/m0/s1. The number of benzene rings is 2. The van der Waals surface area contributed by atoms with Crippen molar-refractivity contribution in [2.75, 3.05) is 32.0 Å². The molecule has 1 fully saturated rings. The number of halogens is 3. The van der Waals surface area contributed by atoms with Crippen molar-refractivity contribution in [3.8, 4) is 23.2 Å². The van der Waals surface area contributed by atoms with Gasteiger partial charge in [-0.3, -0.25) is 4.90 Å². The molecule has 3 heterocycles. The SMILES string of the molecule is N#Cc1c(N)sc2c(F)ccc(-c3c(Cl)cc4cnc(OC[C@@H]5CCCN5CCO)nc4c3F)c12. The molecule has 1 atom stereocenters. The van der Waals surface area contributed by atoms with Crippen molar-refractivity contribution in [2.24, 2.45) is 0 Å². The van der Waals surface area contributed by atoms with E-state index in [0.29, 0.717) is 18.5 Å². The van der Waals surface area contributed by atoms with Crippen LogP contribution >= 0.6 is 22.9 Å². The van der Waals surface area contributed by atoms with Gasteiger partial charge in [-0.25, -0.2) is 13.8 Å². The Kier molecular flexibility index (Phi) is 6.42. The number of nitriles is 1. The van der Waals surface area contributed by atoms with Crippen molar-refractivity contribution in [3.63, 3.8) is 0 Å². The number of aliphatic hydroxyl groups excluding tert-OH is 1. The smallest absolute Gasteiger partial charge is 0.317 e. The largest absolute Gasteiger partial charge is 0.462 e. The van der Waals surface area contributed by atoms with E-state index < -0.39 is 11.6 Å². The number of aliphatic hydroxyl groups is 1. The third-order valence-electron chi connectivity index (χ3n) is 6.23. The second-order valence-corrected chi connectivity index (χ2v) is 9.72. The van der Waals surface area contributed by atoms with Crippen LogP contribution in [0.3, 0.4) is 0 Å². The van der Waals surface area contributed by atoms with Gasteiger partial charge in [-0.15, -0.1) is 11.3 Å². The Morgan fingerprint density at radius 3 is 2.97 bits per heavy atom. The number of thiophene rings is 1. The Bertz CT molecular complexity index is 1490. The van der Waals surface area contributed by atoms with Gasteiger partial charge >= 0.3 is 6.01 Å². The van der Waals surface area contributed by atoms with E-state index in [9.17, 15) is 14.8 Å². The summed E-state index contributed by atoms with van der Waals surface area (Å²) in [6.07, 6.45) is 3.36. The Morgan fingerprint density at radius 1 is 1.37 bits per heavy atom. The van der Waals surface area contributed by atoms with Gasteiger partial charge in [-0.2, -0.15) is 10.2 Å². The summed E-state index contributed by atoms with van der Waals surface area (Å²) in [5.74, 6) is -1.29. The zero-order valence-corrected chi connectivity index (χ0v) is 20.0. The fourth-order valence-electron chi connectivity index (χ4n) is 4.59. The average molecular weight is 516 g/mol. The van der Waals surface area contributed by atoms with Crippen molar-refractivity contribution in [1.82, 2.24) is 14.9 Å². The summed E-state index contributed by atoms with van der Waals surface area (Å²) in [6, 6.07) is 6.22. The molecule has 180 valence electrons. The predicted molar refractivity (Wildman–Crippen MR) is 132 cm³/mol. The number of hydrogen-bond donors (Lipinski definition) is 2. The molecule has 4 aromatic rings. The molecule has 11 heteroatoms. The van der Waals surface area contributed by atoms with E-state index >= 15 is 4.39 Å². The predicted octanol–water partition coefficient (Wildman–Crippen LogP) is 4.73. The monoisotopic (exact) mass is 515 g/mol. The maximum Gasteiger partial charge on any atom is 0.317 e. The first-order valence-electron chi connectivity index (χ1n) is 11.0. The number of hydrogen-bond acceptors (Lipinski definition) is 8. The summed E-state index contributed by atoms with van der Waals surface area (Å²) in [5.41, 5.74) is 6.24. The van der Waals surface area contributed by atoms with Crippen molar-refractivity contribution >= 4 is 48.9 Å². The highest BCUT2D eigenvalue weighted by atomic mass is 35.5. The molecule has 0 bridgehead atoms. The van der Waals surface area contributed by atoms with E-state index in [1.807, 2.05) is 6.07 Å². The maximum atomic E-state index is 15.9. The van der Waals surface area contributed by atoms with Crippen LogP contribution in [0.15, 0.2) is 24.4 Å². The number of anilines is 1. The lowest BCUT2D eigenvalue weighted by atomic mass is 9.97. The number of nitrogens with zero attached hydrogens (tertiary/aromatic N) is 4. The first kappa shape index (κ1) is 23.6. The number of likely N-dealkylation sites (tertiary alicyclic amines) is 1. The molecule has 1 saturated heterocycles. The number of nitrogen functional groups attached to an aromatic ring is 1. The van der Waals surface area contributed by atoms with E-state index in [1.54, 1.807) is 0 Å². The molecule has 35 heavy (non-hydrogen) atoms. The molecular weight excluding hydrogens is 496 g/mol. The van der Waals surface area contributed by atoms with E-state index in [-0.39, 0.29) is 61.0 Å². The minimum Gasteiger partial charge on any atom is -0.462 e. The number of fused-ring (bicyclic) bond motifs is 2. The molecule has 0 aliphatic carbocycles. The third-order valence-corrected chi connectivity index (χ3v) is 7.56. The number of ether oxygens (including phenoxy) is 1. The van der Waals surface area contributed by atoms with Crippen LogP contribution in [-0.2, 0) is 0 Å². The highest BCUT2D eigenvalue weighted by molar-refractivity contribution is 7.23. The molecule has 5 rings (SSSR count). The summed E-state index contributed by atoms with van der Waals surface area (Å²) < 4.78 is 36.3. The van der Waals surface area contributed by atoms with Crippen LogP contribution in [-0.4, -0.2) is 52.3 Å². The van der Waals surface area contributed by atoms with Gasteiger partial charge in [-0.1, -0.05) is 17.7 Å². The van der Waals surface area contributed by atoms with E-state index in [0.717, 1.165) is 30.7 Å². The number of aromatic nitrogens is 2. The minimum atomic E-state index is -0.732. The lowest BCUT2D eigenvalue weighted by Gasteiger charge is -2.23. The topological polar surface area (TPSA) is 108 Å². The van der Waals surface area contributed by atoms with Gasteiger partial charge in [0.15, 0.2) is 5.82 Å². The van der Waals surface area contributed by atoms with Crippen LogP contribution in [0.25, 0.3) is 32.1 Å².